The van der Waals surface area contributed by atoms with Crippen LogP contribution in [-0.2, 0) is 15.8 Å². The number of amides is 1. The predicted octanol–water partition coefficient (Wildman–Crippen LogP) is 5.11. The van der Waals surface area contributed by atoms with Gasteiger partial charge in [0, 0.05) is 0 Å². The van der Waals surface area contributed by atoms with Crippen molar-refractivity contribution in [1.82, 2.24) is 4.90 Å². The van der Waals surface area contributed by atoms with Gasteiger partial charge >= 0.3 is 6.09 Å². The number of fused-ring (bicyclic) bond motifs is 1. The van der Waals surface area contributed by atoms with Crippen LogP contribution in [0.3, 0.4) is 0 Å². The van der Waals surface area contributed by atoms with Gasteiger partial charge in [-0.2, -0.15) is 0 Å². The van der Waals surface area contributed by atoms with Crippen LogP contribution in [0, 0.1) is 6.92 Å². The Balaban J connectivity index is 2.47. The van der Waals surface area contributed by atoms with Crippen molar-refractivity contribution in [3.63, 3.8) is 0 Å². The highest BCUT2D eigenvalue weighted by molar-refractivity contribution is 5.73. The van der Waals surface area contributed by atoms with E-state index in [1.54, 1.807) is 0 Å². The van der Waals surface area contributed by atoms with Gasteiger partial charge in [-0.3, -0.25) is 4.90 Å². The van der Waals surface area contributed by atoms with E-state index in [9.17, 15) is 4.79 Å². The molecule has 122 valence electrons. The summed E-state index contributed by atoms with van der Waals surface area (Å²) < 4.78 is 5.56. The van der Waals surface area contributed by atoms with Crippen LogP contribution in [0.5, 0.6) is 0 Å². The van der Waals surface area contributed by atoms with Gasteiger partial charge in [0.25, 0.3) is 0 Å². The molecule has 0 saturated heterocycles. The Morgan fingerprint density at radius 1 is 1.23 bits per heavy atom. The molecule has 1 atom stereocenters. The molecule has 0 saturated carbocycles. The summed E-state index contributed by atoms with van der Waals surface area (Å²) in [6.07, 6.45) is 2.62. The summed E-state index contributed by atoms with van der Waals surface area (Å²) in [5.74, 6) is 0. The third-order valence-electron chi connectivity index (χ3n) is 5.12. The molecule has 0 spiro atoms. The van der Waals surface area contributed by atoms with Crippen molar-refractivity contribution in [2.75, 3.05) is 6.61 Å². The van der Waals surface area contributed by atoms with Crippen LogP contribution in [0.25, 0.3) is 0 Å². The van der Waals surface area contributed by atoms with E-state index in [-0.39, 0.29) is 17.2 Å². The monoisotopic (exact) mass is 303 g/mol. The Bertz CT molecular complexity index is 565. The summed E-state index contributed by atoms with van der Waals surface area (Å²) in [6, 6.07) is 6.36. The average Bonchev–Trinajstić information content (AvgIpc) is 2.65. The molecule has 1 aromatic rings. The van der Waals surface area contributed by atoms with Crippen molar-refractivity contribution in [2.24, 2.45) is 0 Å². The van der Waals surface area contributed by atoms with Gasteiger partial charge in [-0.1, -0.05) is 38.5 Å². The maximum Gasteiger partial charge on any atom is 0.411 e. The maximum atomic E-state index is 12.8. The summed E-state index contributed by atoms with van der Waals surface area (Å²) in [5.41, 5.74) is 3.11. The van der Waals surface area contributed by atoms with E-state index in [2.05, 4.69) is 59.7 Å². The molecular formula is C19H29NO2. The third-order valence-corrected chi connectivity index (χ3v) is 5.12. The molecule has 1 heterocycles. The third kappa shape index (κ3) is 2.41. The zero-order valence-corrected chi connectivity index (χ0v) is 14.8. The molecule has 2 rings (SSSR count). The average molecular weight is 303 g/mol. The molecular weight excluding hydrogens is 274 g/mol. The minimum absolute atomic E-state index is 0.196. The topological polar surface area (TPSA) is 29.5 Å². The number of hydrogen-bond donors (Lipinski definition) is 0. The van der Waals surface area contributed by atoms with E-state index < -0.39 is 0 Å². The van der Waals surface area contributed by atoms with Crippen LogP contribution in [0.15, 0.2) is 18.2 Å². The second-order valence-electron chi connectivity index (χ2n) is 6.99. The van der Waals surface area contributed by atoms with Gasteiger partial charge in [0.15, 0.2) is 0 Å². The first kappa shape index (κ1) is 16.9. The van der Waals surface area contributed by atoms with Crippen LogP contribution >= 0.6 is 0 Å². The second kappa shape index (κ2) is 5.94. The highest BCUT2D eigenvalue weighted by atomic mass is 16.6. The quantitative estimate of drug-likeness (QED) is 0.724. The summed E-state index contributed by atoms with van der Waals surface area (Å²) in [4.78, 5) is 14.7. The van der Waals surface area contributed by atoms with E-state index in [0.717, 1.165) is 19.3 Å². The van der Waals surface area contributed by atoms with Gasteiger partial charge in [0.1, 0.15) is 0 Å². The molecule has 0 aromatic heterocycles. The minimum atomic E-state index is -0.352. The van der Waals surface area contributed by atoms with E-state index in [1.165, 1.54) is 16.7 Å². The van der Waals surface area contributed by atoms with Gasteiger partial charge in [0.05, 0.1) is 17.7 Å². The van der Waals surface area contributed by atoms with Crippen LogP contribution in [0.2, 0.25) is 0 Å². The molecule has 22 heavy (non-hydrogen) atoms. The fourth-order valence-corrected chi connectivity index (χ4v) is 3.87. The van der Waals surface area contributed by atoms with Crippen molar-refractivity contribution in [3.8, 4) is 0 Å². The maximum absolute atomic E-state index is 12.8. The van der Waals surface area contributed by atoms with Crippen molar-refractivity contribution in [3.05, 3.63) is 34.9 Å². The van der Waals surface area contributed by atoms with Gasteiger partial charge in [-0.15, -0.1) is 0 Å². The number of ether oxygens (including phenoxy) is 1. The van der Waals surface area contributed by atoms with Crippen LogP contribution < -0.4 is 0 Å². The number of unbranched alkanes of at least 4 members (excludes halogenated alkanes) is 1. The number of rotatable bonds is 4. The van der Waals surface area contributed by atoms with Crippen molar-refractivity contribution in [2.45, 2.75) is 71.9 Å². The highest BCUT2D eigenvalue weighted by Gasteiger charge is 2.54. The van der Waals surface area contributed by atoms with Crippen LogP contribution in [0.4, 0.5) is 4.79 Å². The fraction of sp³-hybridized carbons (Fsp3) is 0.632. The van der Waals surface area contributed by atoms with Crippen molar-refractivity contribution < 1.29 is 9.53 Å². The SMILES string of the molecule is CCCCOC(=O)N1C(C)(C)c2cccc(C)c2[C@@]1(C)CC. The molecule has 0 bridgehead atoms. The van der Waals surface area contributed by atoms with Gasteiger partial charge in [-0.25, -0.2) is 4.79 Å². The predicted molar refractivity (Wildman–Crippen MR) is 89.9 cm³/mol. The smallest absolute Gasteiger partial charge is 0.411 e. The normalized spacial score (nSPS) is 22.5. The highest BCUT2D eigenvalue weighted by Crippen LogP contribution is 2.52. The Morgan fingerprint density at radius 2 is 1.91 bits per heavy atom. The molecule has 0 N–H and O–H groups in total. The van der Waals surface area contributed by atoms with Gasteiger partial charge < -0.3 is 4.74 Å². The standard InChI is InChI=1S/C19H29NO2/c1-7-9-13-22-17(21)20-18(4,5)15-12-10-11-14(3)16(15)19(20,6)8-2/h10-12H,7-9,13H2,1-6H3/t19-/m1/s1. The lowest BCUT2D eigenvalue weighted by Crippen LogP contribution is -2.50. The zero-order valence-electron chi connectivity index (χ0n) is 14.8. The van der Waals surface area contributed by atoms with Crippen LogP contribution in [0.1, 0.15) is 70.6 Å². The molecule has 3 nitrogen and oxygen atoms in total. The Morgan fingerprint density at radius 3 is 2.50 bits per heavy atom. The molecule has 0 unspecified atom stereocenters. The first-order valence-electron chi connectivity index (χ1n) is 8.38. The summed E-state index contributed by atoms with van der Waals surface area (Å²) in [7, 11) is 0. The zero-order chi connectivity index (χ0) is 16.5. The molecule has 1 aromatic carbocycles. The lowest BCUT2D eigenvalue weighted by atomic mass is 9.85. The van der Waals surface area contributed by atoms with E-state index in [4.69, 9.17) is 4.74 Å². The molecule has 1 amide bonds. The summed E-state index contributed by atoms with van der Waals surface area (Å²) in [6.45, 7) is 13.3. The number of aryl methyl sites for hydroxylation is 1. The lowest BCUT2D eigenvalue weighted by Gasteiger charge is -2.41. The largest absolute Gasteiger partial charge is 0.449 e. The van der Waals surface area contributed by atoms with Gasteiger partial charge in [-0.05, 0) is 57.2 Å². The Labute approximate surface area is 134 Å². The number of nitrogens with zero attached hydrogens (tertiary/aromatic N) is 1. The summed E-state index contributed by atoms with van der Waals surface area (Å²) >= 11 is 0. The minimum Gasteiger partial charge on any atom is -0.449 e. The molecule has 1 aliphatic heterocycles. The molecule has 0 radical (unpaired) electrons. The molecule has 3 heteroatoms. The lowest BCUT2D eigenvalue weighted by molar-refractivity contribution is 0.0116. The first-order chi connectivity index (χ1) is 10.3. The van der Waals surface area contributed by atoms with Crippen LogP contribution in [-0.4, -0.2) is 17.6 Å². The molecule has 0 aliphatic carbocycles. The van der Waals surface area contributed by atoms with Crippen molar-refractivity contribution in [1.29, 1.82) is 0 Å². The molecule has 1 aliphatic rings. The number of hydrogen-bond acceptors (Lipinski definition) is 2. The van der Waals surface area contributed by atoms with E-state index in [0.29, 0.717) is 6.61 Å². The number of carbonyl (C=O) groups excluding carboxylic acids is 1. The second-order valence-corrected chi connectivity index (χ2v) is 6.99. The number of carbonyl (C=O) groups is 1. The number of benzene rings is 1. The summed E-state index contributed by atoms with van der Waals surface area (Å²) in [5, 5.41) is 0. The first-order valence-corrected chi connectivity index (χ1v) is 8.38. The fourth-order valence-electron chi connectivity index (χ4n) is 3.87. The Hall–Kier alpha value is -1.51. The van der Waals surface area contributed by atoms with E-state index in [1.807, 2.05) is 4.90 Å². The van der Waals surface area contributed by atoms with Gasteiger partial charge in [0.2, 0.25) is 0 Å². The van der Waals surface area contributed by atoms with Crippen molar-refractivity contribution >= 4 is 6.09 Å². The van der Waals surface area contributed by atoms with E-state index >= 15 is 0 Å². The Kier molecular flexibility index (Phi) is 4.55. The molecule has 0 fully saturated rings.